The number of alkyl halides is 6. The zero-order valence-electron chi connectivity index (χ0n) is 15.9. The predicted octanol–water partition coefficient (Wildman–Crippen LogP) is 5.02. The SMILES string of the molecule is CNCC1CC(c2ccc(OC(F)(F)F)cc2)N1Cc1ccccc1OC(F)(F)F. The Hall–Kier alpha value is -2.46. The van der Waals surface area contributed by atoms with E-state index in [0.29, 0.717) is 18.5 Å². The van der Waals surface area contributed by atoms with E-state index in [9.17, 15) is 26.3 Å². The zero-order valence-corrected chi connectivity index (χ0v) is 15.9. The number of nitrogens with one attached hydrogen (secondary N) is 1. The largest absolute Gasteiger partial charge is 0.573 e. The number of ether oxygens (including phenoxy) is 2. The molecule has 1 saturated heterocycles. The first-order chi connectivity index (χ1) is 14.1. The molecular formula is C20H20F6N2O2. The molecule has 0 amide bonds. The van der Waals surface area contributed by atoms with E-state index in [0.717, 1.165) is 5.56 Å². The van der Waals surface area contributed by atoms with Gasteiger partial charge in [-0.25, -0.2) is 0 Å². The summed E-state index contributed by atoms with van der Waals surface area (Å²) < 4.78 is 83.2. The summed E-state index contributed by atoms with van der Waals surface area (Å²) in [6, 6.07) is 11.3. The molecule has 1 aliphatic heterocycles. The van der Waals surface area contributed by atoms with Gasteiger partial charge in [-0.05, 0) is 37.2 Å². The van der Waals surface area contributed by atoms with Crippen LogP contribution >= 0.6 is 0 Å². The monoisotopic (exact) mass is 434 g/mol. The number of hydrogen-bond acceptors (Lipinski definition) is 4. The van der Waals surface area contributed by atoms with Crippen LogP contribution in [0.15, 0.2) is 48.5 Å². The van der Waals surface area contributed by atoms with Crippen molar-refractivity contribution in [3.05, 3.63) is 59.7 Å². The number of halogens is 6. The van der Waals surface area contributed by atoms with Crippen LogP contribution in [0.25, 0.3) is 0 Å². The first kappa shape index (κ1) is 22.2. The van der Waals surface area contributed by atoms with E-state index in [-0.39, 0.29) is 30.1 Å². The Morgan fingerprint density at radius 3 is 2.17 bits per heavy atom. The highest BCUT2D eigenvalue weighted by atomic mass is 19.4. The second-order valence-electron chi connectivity index (χ2n) is 6.91. The summed E-state index contributed by atoms with van der Waals surface area (Å²) in [7, 11) is 1.77. The Balaban J connectivity index is 1.78. The molecule has 1 fully saturated rings. The van der Waals surface area contributed by atoms with Gasteiger partial charge in [-0.15, -0.1) is 26.3 Å². The maximum absolute atomic E-state index is 12.7. The van der Waals surface area contributed by atoms with Crippen molar-refractivity contribution in [2.75, 3.05) is 13.6 Å². The number of benzene rings is 2. The zero-order chi connectivity index (χ0) is 21.9. The fourth-order valence-electron chi connectivity index (χ4n) is 3.60. The molecule has 2 aromatic carbocycles. The molecule has 1 heterocycles. The van der Waals surface area contributed by atoms with E-state index < -0.39 is 12.7 Å². The van der Waals surface area contributed by atoms with E-state index >= 15 is 0 Å². The van der Waals surface area contributed by atoms with Gasteiger partial charge in [0.05, 0.1) is 0 Å². The minimum atomic E-state index is -4.80. The van der Waals surface area contributed by atoms with Crippen LogP contribution in [0, 0.1) is 0 Å². The molecule has 2 atom stereocenters. The number of hydrogen-bond donors (Lipinski definition) is 1. The minimum absolute atomic E-state index is 0.0602. The molecule has 0 radical (unpaired) electrons. The van der Waals surface area contributed by atoms with Crippen molar-refractivity contribution in [1.29, 1.82) is 0 Å². The van der Waals surface area contributed by atoms with Gasteiger partial charge in [-0.2, -0.15) is 0 Å². The summed E-state index contributed by atoms with van der Waals surface area (Å²) in [4.78, 5) is 1.99. The normalized spacial score (nSPS) is 20.0. The van der Waals surface area contributed by atoms with Crippen molar-refractivity contribution in [3.63, 3.8) is 0 Å². The Labute approximate surface area is 169 Å². The van der Waals surface area contributed by atoms with Crippen LogP contribution in [0.4, 0.5) is 26.3 Å². The topological polar surface area (TPSA) is 33.7 Å². The van der Waals surface area contributed by atoms with Crippen LogP contribution in [-0.2, 0) is 6.54 Å². The first-order valence-electron chi connectivity index (χ1n) is 9.15. The Bertz CT molecular complexity index is 838. The van der Waals surface area contributed by atoms with E-state index in [2.05, 4.69) is 14.8 Å². The van der Waals surface area contributed by atoms with Crippen LogP contribution < -0.4 is 14.8 Å². The molecule has 10 heteroatoms. The summed E-state index contributed by atoms with van der Waals surface area (Å²) in [6.45, 7) is 0.818. The summed E-state index contributed by atoms with van der Waals surface area (Å²) >= 11 is 0. The highest BCUT2D eigenvalue weighted by Gasteiger charge is 2.40. The van der Waals surface area contributed by atoms with E-state index in [4.69, 9.17) is 0 Å². The number of likely N-dealkylation sites (tertiary alicyclic amines) is 1. The third-order valence-corrected chi connectivity index (χ3v) is 4.85. The lowest BCUT2D eigenvalue weighted by atomic mass is 9.86. The van der Waals surface area contributed by atoms with Crippen molar-refractivity contribution >= 4 is 0 Å². The number of likely N-dealkylation sites (N-methyl/N-ethyl adjacent to an activating group) is 1. The summed E-state index contributed by atoms with van der Waals surface area (Å²) in [5, 5.41) is 3.05. The molecule has 1 aliphatic rings. The standard InChI is InChI=1S/C20H20F6N2O2/c1-27-11-15-10-17(13-6-8-16(9-7-13)29-19(21,22)23)28(15)12-14-4-2-3-5-18(14)30-20(24,25)26/h2-9,15,17,27H,10-12H2,1H3. The third-order valence-electron chi connectivity index (χ3n) is 4.85. The van der Waals surface area contributed by atoms with Crippen molar-refractivity contribution in [2.45, 2.75) is 37.8 Å². The van der Waals surface area contributed by atoms with Gasteiger partial charge in [-0.1, -0.05) is 30.3 Å². The fraction of sp³-hybridized carbons (Fsp3) is 0.400. The maximum Gasteiger partial charge on any atom is 0.573 e. The van der Waals surface area contributed by atoms with Gasteiger partial charge in [0.15, 0.2) is 0 Å². The number of para-hydroxylation sites is 1. The second-order valence-corrected chi connectivity index (χ2v) is 6.91. The van der Waals surface area contributed by atoms with Gasteiger partial charge >= 0.3 is 12.7 Å². The molecule has 0 spiro atoms. The van der Waals surface area contributed by atoms with Gasteiger partial charge in [0.25, 0.3) is 0 Å². The first-order valence-corrected chi connectivity index (χ1v) is 9.15. The lowest BCUT2D eigenvalue weighted by molar-refractivity contribution is -0.275. The third kappa shape index (κ3) is 5.79. The van der Waals surface area contributed by atoms with Gasteiger partial charge < -0.3 is 14.8 Å². The highest BCUT2D eigenvalue weighted by Crippen LogP contribution is 2.41. The smallest absolute Gasteiger partial charge is 0.406 e. The van der Waals surface area contributed by atoms with Crippen molar-refractivity contribution in [1.82, 2.24) is 10.2 Å². The summed E-state index contributed by atoms with van der Waals surface area (Å²) in [6.07, 6.45) is -8.87. The van der Waals surface area contributed by atoms with Gasteiger partial charge in [0, 0.05) is 30.7 Å². The van der Waals surface area contributed by atoms with E-state index in [1.54, 1.807) is 19.2 Å². The molecule has 2 unspecified atom stereocenters. The predicted molar refractivity (Wildman–Crippen MR) is 96.9 cm³/mol. The van der Waals surface area contributed by atoms with Crippen LogP contribution in [0.5, 0.6) is 11.5 Å². The molecule has 164 valence electrons. The maximum atomic E-state index is 12.7. The Morgan fingerprint density at radius 1 is 0.933 bits per heavy atom. The van der Waals surface area contributed by atoms with E-state index in [1.165, 1.54) is 36.4 Å². The van der Waals surface area contributed by atoms with Crippen LogP contribution in [0.3, 0.4) is 0 Å². The van der Waals surface area contributed by atoms with E-state index in [1.807, 2.05) is 4.90 Å². The quantitative estimate of drug-likeness (QED) is 0.621. The molecule has 0 aliphatic carbocycles. The molecule has 1 N–H and O–H groups in total. The van der Waals surface area contributed by atoms with Gasteiger partial charge in [0.2, 0.25) is 0 Å². The van der Waals surface area contributed by atoms with Crippen molar-refractivity contribution in [2.24, 2.45) is 0 Å². The van der Waals surface area contributed by atoms with Crippen molar-refractivity contribution < 1.29 is 35.8 Å². The average molecular weight is 434 g/mol. The lowest BCUT2D eigenvalue weighted by Gasteiger charge is -2.49. The average Bonchev–Trinajstić information content (AvgIpc) is 2.62. The van der Waals surface area contributed by atoms with Crippen LogP contribution in [-0.4, -0.2) is 37.3 Å². The van der Waals surface area contributed by atoms with Gasteiger partial charge in [0.1, 0.15) is 11.5 Å². The van der Waals surface area contributed by atoms with Crippen LogP contribution in [0.2, 0.25) is 0 Å². The molecule has 0 saturated carbocycles. The van der Waals surface area contributed by atoms with Crippen LogP contribution in [0.1, 0.15) is 23.6 Å². The highest BCUT2D eigenvalue weighted by molar-refractivity contribution is 5.35. The molecule has 3 rings (SSSR count). The molecule has 2 aromatic rings. The number of rotatable bonds is 7. The summed E-state index contributed by atoms with van der Waals surface area (Å²) in [5.41, 5.74) is 1.13. The Kier molecular flexibility index (Phi) is 6.47. The van der Waals surface area contributed by atoms with Gasteiger partial charge in [-0.3, -0.25) is 4.90 Å². The minimum Gasteiger partial charge on any atom is -0.406 e. The molecule has 0 bridgehead atoms. The molecule has 4 nitrogen and oxygen atoms in total. The lowest BCUT2D eigenvalue weighted by Crippen LogP contribution is -2.53. The van der Waals surface area contributed by atoms with Crippen molar-refractivity contribution in [3.8, 4) is 11.5 Å². The Morgan fingerprint density at radius 2 is 1.57 bits per heavy atom. The molecule has 0 aromatic heterocycles. The summed E-state index contributed by atoms with van der Waals surface area (Å²) in [5.74, 6) is -0.597. The molecule has 30 heavy (non-hydrogen) atoms. The fourth-order valence-corrected chi connectivity index (χ4v) is 3.60. The molecular weight excluding hydrogens is 414 g/mol. The second kappa shape index (κ2) is 8.73. The number of nitrogens with zero attached hydrogens (tertiary/aromatic N) is 1.